The van der Waals surface area contributed by atoms with Crippen LogP contribution in [0.1, 0.15) is 12.8 Å². The van der Waals surface area contributed by atoms with Crippen LogP contribution in [0.4, 0.5) is 10.7 Å². The Bertz CT molecular complexity index is 238. The molecule has 1 aromatic rings. The molecule has 2 heterocycles. The van der Waals surface area contributed by atoms with Gasteiger partial charge in [-0.2, -0.15) is 0 Å². The van der Waals surface area contributed by atoms with Gasteiger partial charge in [0.2, 0.25) is 0 Å². The Morgan fingerprint density at radius 3 is 2.64 bits per heavy atom. The van der Waals surface area contributed by atoms with Gasteiger partial charge in [-0.3, -0.25) is 0 Å². The first-order chi connectivity index (χ1) is 5.38. The fraction of sp³-hybridized carbons (Fsp3) is 0.500. The van der Waals surface area contributed by atoms with Gasteiger partial charge in [-0.1, -0.05) is 0 Å². The summed E-state index contributed by atoms with van der Waals surface area (Å²) in [6.45, 7) is 2.36. The van der Waals surface area contributed by atoms with E-state index < -0.39 is 0 Å². The highest BCUT2D eigenvalue weighted by molar-refractivity contribution is 7.14. The molecule has 1 aromatic heterocycles. The van der Waals surface area contributed by atoms with E-state index >= 15 is 0 Å². The zero-order valence-corrected chi connectivity index (χ0v) is 7.23. The Kier molecular flexibility index (Phi) is 1.74. The summed E-state index contributed by atoms with van der Waals surface area (Å²) in [5, 5.41) is 3.02. The molecule has 0 aliphatic carbocycles. The van der Waals surface area contributed by atoms with Crippen LogP contribution in [0.15, 0.2) is 11.4 Å². The average molecular weight is 168 g/mol. The van der Waals surface area contributed by atoms with Gasteiger partial charge in [0.1, 0.15) is 5.00 Å². The summed E-state index contributed by atoms with van der Waals surface area (Å²) < 4.78 is 0. The monoisotopic (exact) mass is 168 g/mol. The van der Waals surface area contributed by atoms with E-state index in [9.17, 15) is 0 Å². The van der Waals surface area contributed by atoms with E-state index in [1.54, 1.807) is 11.3 Å². The Morgan fingerprint density at radius 2 is 2.09 bits per heavy atom. The van der Waals surface area contributed by atoms with Crippen molar-refractivity contribution in [1.82, 2.24) is 0 Å². The van der Waals surface area contributed by atoms with Crippen LogP contribution in [0.25, 0.3) is 0 Å². The standard InChI is InChI=1S/C8H12N2S/c9-8-7(3-6-11-8)10-4-1-2-5-10/h3,6H,1-2,4-5,9H2. The molecule has 0 spiro atoms. The lowest BCUT2D eigenvalue weighted by Crippen LogP contribution is -2.17. The van der Waals surface area contributed by atoms with Crippen molar-refractivity contribution in [3.63, 3.8) is 0 Å². The fourth-order valence-electron chi connectivity index (χ4n) is 1.53. The summed E-state index contributed by atoms with van der Waals surface area (Å²) >= 11 is 1.63. The van der Waals surface area contributed by atoms with Gasteiger partial charge in [-0.05, 0) is 24.3 Å². The molecule has 0 atom stereocenters. The number of anilines is 2. The summed E-state index contributed by atoms with van der Waals surface area (Å²) in [5.41, 5.74) is 7.04. The molecule has 0 aromatic carbocycles. The highest BCUT2D eigenvalue weighted by Crippen LogP contribution is 2.30. The maximum Gasteiger partial charge on any atom is 0.109 e. The van der Waals surface area contributed by atoms with E-state index in [4.69, 9.17) is 5.73 Å². The normalized spacial score (nSPS) is 17.6. The molecule has 60 valence electrons. The third-order valence-electron chi connectivity index (χ3n) is 2.12. The van der Waals surface area contributed by atoms with Crippen LogP contribution in [0, 0.1) is 0 Å². The topological polar surface area (TPSA) is 29.3 Å². The molecular weight excluding hydrogens is 156 g/mol. The molecular formula is C8H12N2S. The Morgan fingerprint density at radius 1 is 1.36 bits per heavy atom. The number of nitrogens with two attached hydrogens (primary N) is 1. The van der Waals surface area contributed by atoms with E-state index in [2.05, 4.69) is 16.3 Å². The molecule has 3 heteroatoms. The predicted molar refractivity (Wildman–Crippen MR) is 50.2 cm³/mol. The van der Waals surface area contributed by atoms with Crippen LogP contribution in [-0.4, -0.2) is 13.1 Å². The second kappa shape index (κ2) is 2.74. The zero-order valence-electron chi connectivity index (χ0n) is 6.42. The van der Waals surface area contributed by atoms with Gasteiger partial charge in [-0.25, -0.2) is 0 Å². The van der Waals surface area contributed by atoms with Crippen molar-refractivity contribution in [2.45, 2.75) is 12.8 Å². The number of nitrogens with zero attached hydrogens (tertiary/aromatic N) is 1. The van der Waals surface area contributed by atoms with Crippen molar-refractivity contribution in [1.29, 1.82) is 0 Å². The highest BCUT2D eigenvalue weighted by Gasteiger charge is 2.14. The van der Waals surface area contributed by atoms with Crippen LogP contribution in [-0.2, 0) is 0 Å². The molecule has 0 amide bonds. The molecule has 0 radical (unpaired) electrons. The SMILES string of the molecule is Nc1sccc1N1CCCC1. The van der Waals surface area contributed by atoms with Gasteiger partial charge in [-0.15, -0.1) is 11.3 Å². The number of nitrogen functional groups attached to an aromatic ring is 1. The molecule has 1 aliphatic rings. The lowest BCUT2D eigenvalue weighted by molar-refractivity contribution is 0.949. The molecule has 1 aliphatic heterocycles. The van der Waals surface area contributed by atoms with E-state index in [0.29, 0.717) is 0 Å². The summed E-state index contributed by atoms with van der Waals surface area (Å²) in [7, 11) is 0. The molecule has 2 rings (SSSR count). The lowest BCUT2D eigenvalue weighted by Gasteiger charge is -2.15. The van der Waals surface area contributed by atoms with Crippen molar-refractivity contribution in [3.05, 3.63) is 11.4 Å². The number of rotatable bonds is 1. The second-order valence-corrected chi connectivity index (χ2v) is 3.81. The summed E-state index contributed by atoms with van der Waals surface area (Å²) in [5.74, 6) is 0. The Balaban J connectivity index is 2.21. The number of thiophene rings is 1. The molecule has 0 saturated carbocycles. The predicted octanol–water partition coefficient (Wildman–Crippen LogP) is 1.93. The zero-order chi connectivity index (χ0) is 7.68. The van der Waals surface area contributed by atoms with Crippen molar-refractivity contribution < 1.29 is 0 Å². The molecule has 11 heavy (non-hydrogen) atoms. The summed E-state index contributed by atoms with van der Waals surface area (Å²) in [4.78, 5) is 2.37. The van der Waals surface area contributed by atoms with E-state index in [1.807, 2.05) is 0 Å². The minimum absolute atomic E-state index is 0.965. The quantitative estimate of drug-likeness (QED) is 0.694. The fourth-order valence-corrected chi connectivity index (χ4v) is 2.19. The first-order valence-corrected chi connectivity index (χ1v) is 4.84. The minimum atomic E-state index is 0.965. The van der Waals surface area contributed by atoms with Gasteiger partial charge in [0, 0.05) is 13.1 Å². The largest absolute Gasteiger partial charge is 0.389 e. The second-order valence-electron chi connectivity index (χ2n) is 2.86. The maximum absolute atomic E-state index is 5.80. The third-order valence-corrected chi connectivity index (χ3v) is 2.86. The molecule has 2 N–H and O–H groups in total. The van der Waals surface area contributed by atoms with Crippen molar-refractivity contribution in [2.24, 2.45) is 0 Å². The van der Waals surface area contributed by atoms with Crippen molar-refractivity contribution in [2.75, 3.05) is 23.7 Å². The molecule has 1 fully saturated rings. The first-order valence-electron chi connectivity index (χ1n) is 3.96. The van der Waals surface area contributed by atoms with E-state index in [1.165, 1.54) is 31.6 Å². The molecule has 0 bridgehead atoms. The highest BCUT2D eigenvalue weighted by atomic mass is 32.1. The molecule has 1 saturated heterocycles. The van der Waals surface area contributed by atoms with Gasteiger partial charge in [0.05, 0.1) is 5.69 Å². The summed E-state index contributed by atoms with van der Waals surface area (Å²) in [6, 6.07) is 2.12. The van der Waals surface area contributed by atoms with Crippen molar-refractivity contribution in [3.8, 4) is 0 Å². The van der Waals surface area contributed by atoms with Gasteiger partial charge < -0.3 is 10.6 Å². The Labute approximate surface area is 70.6 Å². The van der Waals surface area contributed by atoms with Gasteiger partial charge >= 0.3 is 0 Å². The van der Waals surface area contributed by atoms with Crippen LogP contribution in [0.3, 0.4) is 0 Å². The lowest BCUT2D eigenvalue weighted by atomic mass is 10.4. The van der Waals surface area contributed by atoms with E-state index in [-0.39, 0.29) is 0 Å². The third kappa shape index (κ3) is 1.20. The molecule has 2 nitrogen and oxygen atoms in total. The Hall–Kier alpha value is -0.700. The van der Waals surface area contributed by atoms with Crippen molar-refractivity contribution >= 4 is 22.0 Å². The minimum Gasteiger partial charge on any atom is -0.389 e. The maximum atomic E-state index is 5.80. The van der Waals surface area contributed by atoms with Crippen LogP contribution in [0.5, 0.6) is 0 Å². The van der Waals surface area contributed by atoms with Crippen LogP contribution in [0.2, 0.25) is 0 Å². The smallest absolute Gasteiger partial charge is 0.109 e. The van der Waals surface area contributed by atoms with Gasteiger partial charge in [0.15, 0.2) is 0 Å². The van der Waals surface area contributed by atoms with Crippen LogP contribution >= 0.6 is 11.3 Å². The number of hydrogen-bond acceptors (Lipinski definition) is 3. The summed E-state index contributed by atoms with van der Waals surface area (Å²) in [6.07, 6.45) is 2.63. The first kappa shape index (κ1) is 6.98. The van der Waals surface area contributed by atoms with Gasteiger partial charge in [0.25, 0.3) is 0 Å². The van der Waals surface area contributed by atoms with Crippen LogP contribution < -0.4 is 10.6 Å². The number of hydrogen-bond donors (Lipinski definition) is 1. The average Bonchev–Trinajstić information content (AvgIpc) is 2.55. The molecule has 0 unspecified atom stereocenters. The van der Waals surface area contributed by atoms with E-state index in [0.717, 1.165) is 5.00 Å².